The van der Waals surface area contributed by atoms with E-state index >= 15 is 0 Å². The first kappa shape index (κ1) is 19.3. The van der Waals surface area contributed by atoms with Crippen molar-refractivity contribution in [2.24, 2.45) is 0 Å². The molecule has 1 N–H and O–H groups in total. The standard InChI is InChI=1S/C19H17N5O3S2/c1-3-27-18(26)13-8-9-28-17(13)22-15(25)10-29-19-21-14-7-5-4-6-12(14)16-20-11(2)23-24(16)19/h4-9H,3,10H2,1-2H3,(H,22,25). The summed E-state index contributed by atoms with van der Waals surface area (Å²) in [6.07, 6.45) is 0. The van der Waals surface area contributed by atoms with Crippen molar-refractivity contribution in [3.63, 3.8) is 0 Å². The monoisotopic (exact) mass is 427 g/mol. The van der Waals surface area contributed by atoms with Gasteiger partial charge in [-0.1, -0.05) is 23.9 Å². The summed E-state index contributed by atoms with van der Waals surface area (Å²) in [6.45, 7) is 3.83. The topological polar surface area (TPSA) is 98.5 Å². The maximum Gasteiger partial charge on any atom is 0.341 e. The number of hydrogen-bond donors (Lipinski definition) is 1. The van der Waals surface area contributed by atoms with Gasteiger partial charge in [0, 0.05) is 5.39 Å². The SMILES string of the molecule is CCOC(=O)c1ccsc1NC(=O)CSc1nc2ccccc2c2nc(C)nn12. The highest BCUT2D eigenvalue weighted by atomic mass is 32.2. The number of rotatable bonds is 6. The number of nitrogens with zero attached hydrogens (tertiary/aromatic N) is 4. The number of ether oxygens (including phenoxy) is 1. The van der Waals surface area contributed by atoms with Crippen molar-refractivity contribution in [3.05, 3.63) is 47.1 Å². The van der Waals surface area contributed by atoms with Crippen LogP contribution in [0.5, 0.6) is 0 Å². The number of thiophene rings is 1. The lowest BCUT2D eigenvalue weighted by atomic mass is 10.2. The van der Waals surface area contributed by atoms with Crippen LogP contribution in [0, 0.1) is 6.92 Å². The number of fused-ring (bicyclic) bond motifs is 3. The van der Waals surface area contributed by atoms with Crippen LogP contribution in [-0.4, -0.2) is 43.8 Å². The highest BCUT2D eigenvalue weighted by Crippen LogP contribution is 2.26. The molecule has 10 heteroatoms. The van der Waals surface area contributed by atoms with E-state index in [1.807, 2.05) is 31.2 Å². The van der Waals surface area contributed by atoms with Crippen LogP contribution in [0.1, 0.15) is 23.1 Å². The van der Waals surface area contributed by atoms with Crippen molar-refractivity contribution in [3.8, 4) is 0 Å². The molecule has 3 heterocycles. The number of para-hydroxylation sites is 1. The Morgan fingerprint density at radius 1 is 1.24 bits per heavy atom. The average Bonchev–Trinajstić information content (AvgIpc) is 3.32. The third-order valence-electron chi connectivity index (χ3n) is 4.00. The number of carbonyl (C=O) groups excluding carboxylic acids is 2. The Kier molecular flexibility index (Phi) is 5.45. The van der Waals surface area contributed by atoms with Crippen molar-refractivity contribution in [1.82, 2.24) is 19.6 Å². The molecule has 3 aromatic heterocycles. The normalized spacial score (nSPS) is 11.1. The molecule has 0 aliphatic rings. The molecular formula is C19H17N5O3S2. The van der Waals surface area contributed by atoms with Crippen LogP contribution >= 0.6 is 23.1 Å². The van der Waals surface area contributed by atoms with Crippen molar-refractivity contribution >= 4 is 56.5 Å². The van der Waals surface area contributed by atoms with Gasteiger partial charge in [-0.2, -0.15) is 4.52 Å². The number of hydrogen-bond acceptors (Lipinski definition) is 8. The lowest BCUT2D eigenvalue weighted by Crippen LogP contribution is -2.16. The van der Waals surface area contributed by atoms with Crippen LogP contribution in [0.3, 0.4) is 0 Å². The summed E-state index contributed by atoms with van der Waals surface area (Å²) < 4.78 is 6.67. The Hall–Kier alpha value is -2.98. The van der Waals surface area contributed by atoms with E-state index in [9.17, 15) is 9.59 Å². The number of benzene rings is 1. The minimum Gasteiger partial charge on any atom is -0.462 e. The molecule has 0 unspecified atom stereocenters. The number of nitrogens with one attached hydrogen (secondary N) is 1. The zero-order valence-electron chi connectivity index (χ0n) is 15.7. The van der Waals surface area contributed by atoms with Gasteiger partial charge >= 0.3 is 5.97 Å². The van der Waals surface area contributed by atoms with E-state index in [4.69, 9.17) is 4.74 Å². The van der Waals surface area contributed by atoms with E-state index in [1.54, 1.807) is 22.9 Å². The molecule has 29 heavy (non-hydrogen) atoms. The van der Waals surface area contributed by atoms with Gasteiger partial charge in [-0.3, -0.25) is 4.79 Å². The number of carbonyl (C=O) groups is 2. The van der Waals surface area contributed by atoms with Crippen molar-refractivity contribution in [2.75, 3.05) is 17.7 Å². The Labute approximate surface area is 174 Å². The molecule has 0 atom stereocenters. The van der Waals surface area contributed by atoms with Gasteiger partial charge in [-0.15, -0.1) is 16.4 Å². The van der Waals surface area contributed by atoms with Crippen LogP contribution in [-0.2, 0) is 9.53 Å². The summed E-state index contributed by atoms with van der Waals surface area (Å²) in [5.41, 5.74) is 1.85. The van der Waals surface area contributed by atoms with Crippen LogP contribution < -0.4 is 5.32 Å². The molecule has 0 bridgehead atoms. The van der Waals surface area contributed by atoms with Crippen LogP contribution in [0.25, 0.3) is 16.6 Å². The molecule has 4 rings (SSSR count). The second-order valence-corrected chi connectivity index (χ2v) is 7.89. The predicted octanol–water partition coefficient (Wildman–Crippen LogP) is 3.55. The molecule has 0 saturated carbocycles. The lowest BCUT2D eigenvalue weighted by molar-refractivity contribution is -0.113. The van der Waals surface area contributed by atoms with E-state index in [0.717, 1.165) is 10.9 Å². The van der Waals surface area contributed by atoms with Gasteiger partial charge in [0.25, 0.3) is 0 Å². The maximum atomic E-state index is 12.5. The smallest absolute Gasteiger partial charge is 0.341 e. The Morgan fingerprint density at radius 2 is 2.07 bits per heavy atom. The number of aromatic nitrogens is 4. The maximum absolute atomic E-state index is 12.5. The summed E-state index contributed by atoms with van der Waals surface area (Å²) in [4.78, 5) is 33.5. The van der Waals surface area contributed by atoms with Gasteiger partial charge in [0.15, 0.2) is 10.8 Å². The molecule has 0 saturated heterocycles. The van der Waals surface area contributed by atoms with E-state index in [2.05, 4.69) is 20.4 Å². The van der Waals surface area contributed by atoms with Crippen LogP contribution in [0.2, 0.25) is 0 Å². The first-order valence-electron chi connectivity index (χ1n) is 8.86. The summed E-state index contributed by atoms with van der Waals surface area (Å²) in [7, 11) is 0. The van der Waals surface area contributed by atoms with Gasteiger partial charge < -0.3 is 10.1 Å². The van der Waals surface area contributed by atoms with Gasteiger partial charge in [0.1, 0.15) is 10.8 Å². The quantitative estimate of drug-likeness (QED) is 0.285. The fourth-order valence-electron chi connectivity index (χ4n) is 2.80. The second-order valence-electron chi connectivity index (χ2n) is 6.03. The van der Waals surface area contributed by atoms with Crippen molar-refractivity contribution in [2.45, 2.75) is 19.0 Å². The number of amides is 1. The molecule has 0 radical (unpaired) electrons. The fourth-order valence-corrected chi connectivity index (χ4v) is 4.33. The molecule has 0 spiro atoms. The van der Waals surface area contributed by atoms with Crippen LogP contribution in [0.4, 0.5) is 5.00 Å². The molecule has 1 amide bonds. The molecule has 8 nitrogen and oxygen atoms in total. The molecule has 1 aromatic carbocycles. The molecular weight excluding hydrogens is 410 g/mol. The fraction of sp³-hybridized carbons (Fsp3) is 0.211. The molecule has 0 aliphatic carbocycles. The van der Waals surface area contributed by atoms with Gasteiger partial charge in [-0.25, -0.2) is 14.8 Å². The predicted molar refractivity (Wildman–Crippen MR) is 113 cm³/mol. The Morgan fingerprint density at radius 3 is 2.90 bits per heavy atom. The first-order valence-corrected chi connectivity index (χ1v) is 10.7. The largest absolute Gasteiger partial charge is 0.462 e. The summed E-state index contributed by atoms with van der Waals surface area (Å²) >= 11 is 2.53. The second kappa shape index (κ2) is 8.18. The van der Waals surface area contributed by atoms with Gasteiger partial charge in [0.2, 0.25) is 5.91 Å². The van der Waals surface area contributed by atoms with E-state index in [1.165, 1.54) is 23.1 Å². The van der Waals surface area contributed by atoms with Crippen molar-refractivity contribution in [1.29, 1.82) is 0 Å². The minimum atomic E-state index is -0.451. The van der Waals surface area contributed by atoms with E-state index in [0.29, 0.717) is 27.2 Å². The summed E-state index contributed by atoms with van der Waals surface area (Å²) in [5, 5.41) is 10.9. The number of aryl methyl sites for hydroxylation is 1. The Balaban J connectivity index is 1.53. The lowest BCUT2D eigenvalue weighted by Gasteiger charge is -2.07. The third-order valence-corrected chi connectivity index (χ3v) is 5.76. The summed E-state index contributed by atoms with van der Waals surface area (Å²) in [6, 6.07) is 9.32. The van der Waals surface area contributed by atoms with Crippen molar-refractivity contribution < 1.29 is 14.3 Å². The Bertz CT molecular complexity index is 1220. The average molecular weight is 428 g/mol. The molecule has 4 aromatic rings. The van der Waals surface area contributed by atoms with Gasteiger partial charge in [0.05, 0.1) is 23.4 Å². The number of thioether (sulfide) groups is 1. The number of anilines is 1. The molecule has 0 fully saturated rings. The first-order chi connectivity index (χ1) is 14.1. The third kappa shape index (κ3) is 3.94. The highest BCUT2D eigenvalue weighted by molar-refractivity contribution is 7.99. The molecule has 148 valence electrons. The van der Waals surface area contributed by atoms with Gasteiger partial charge in [-0.05, 0) is 37.4 Å². The van der Waals surface area contributed by atoms with Crippen LogP contribution in [0.15, 0.2) is 40.9 Å². The number of esters is 1. The van der Waals surface area contributed by atoms with E-state index < -0.39 is 5.97 Å². The zero-order valence-corrected chi connectivity index (χ0v) is 17.3. The zero-order chi connectivity index (χ0) is 20.4. The van der Waals surface area contributed by atoms with E-state index in [-0.39, 0.29) is 18.3 Å². The highest BCUT2D eigenvalue weighted by Gasteiger charge is 2.17. The molecule has 0 aliphatic heterocycles. The summed E-state index contributed by atoms with van der Waals surface area (Å²) in [5.74, 6) is 0.0437. The minimum absolute atomic E-state index is 0.111.